The van der Waals surface area contributed by atoms with Gasteiger partial charge >= 0.3 is 18.1 Å². The molecule has 0 spiro atoms. The molecule has 0 fully saturated rings. The van der Waals surface area contributed by atoms with Gasteiger partial charge in [0, 0.05) is 28.1 Å². The number of pyridine rings is 1. The van der Waals surface area contributed by atoms with Crippen LogP contribution in [0.4, 0.5) is 19.0 Å². The second kappa shape index (κ2) is 9.05. The number of carbonyl (C=O) groups is 2. The molecule has 11 heteroatoms. The molecule has 0 aliphatic rings. The molecule has 156 valence electrons. The molecule has 0 amide bonds. The van der Waals surface area contributed by atoms with E-state index in [0.29, 0.717) is 11.4 Å². The highest BCUT2D eigenvalue weighted by atomic mass is 32.1. The van der Waals surface area contributed by atoms with Gasteiger partial charge in [-0.2, -0.15) is 13.2 Å². The van der Waals surface area contributed by atoms with E-state index in [9.17, 15) is 18.0 Å². The summed E-state index contributed by atoms with van der Waals surface area (Å²) in [6.07, 6.45) is -5.08. The first-order valence-corrected chi connectivity index (χ1v) is 9.05. The molecule has 2 aromatic heterocycles. The Hall–Kier alpha value is -2.92. The maximum atomic E-state index is 11.7. The number of thiophene rings is 1. The second-order valence-corrected chi connectivity index (χ2v) is 7.09. The molecule has 2 heterocycles. The van der Waals surface area contributed by atoms with Crippen LogP contribution in [0.3, 0.4) is 0 Å². The van der Waals surface area contributed by atoms with Crippen LogP contribution in [0, 0.1) is 0 Å². The van der Waals surface area contributed by atoms with Crippen molar-refractivity contribution < 1.29 is 32.6 Å². The van der Waals surface area contributed by atoms with Crippen LogP contribution in [0.2, 0.25) is 0 Å². The summed E-state index contributed by atoms with van der Waals surface area (Å²) in [5.74, 6) is -2.27. The van der Waals surface area contributed by atoms with Gasteiger partial charge in [0.05, 0.1) is 12.6 Å². The number of hydrogen-bond donors (Lipinski definition) is 3. The van der Waals surface area contributed by atoms with E-state index < -0.39 is 12.1 Å². The van der Waals surface area contributed by atoms with Gasteiger partial charge in [0.15, 0.2) is 0 Å². The normalized spacial score (nSPS) is 12.2. The van der Waals surface area contributed by atoms with Gasteiger partial charge in [0.1, 0.15) is 10.7 Å². The Morgan fingerprint density at radius 3 is 2.48 bits per heavy atom. The van der Waals surface area contributed by atoms with Crippen molar-refractivity contribution in [3.8, 4) is 0 Å². The van der Waals surface area contributed by atoms with Gasteiger partial charge in [-0.05, 0) is 37.3 Å². The monoisotopic (exact) mass is 429 g/mol. The number of esters is 1. The third-order valence-corrected chi connectivity index (χ3v) is 4.68. The molecule has 0 saturated carbocycles. The molecular weight excluding hydrogens is 411 g/mol. The molecule has 0 aliphatic carbocycles. The average Bonchev–Trinajstić information content (AvgIpc) is 3.10. The van der Waals surface area contributed by atoms with Crippen LogP contribution in [0.15, 0.2) is 30.3 Å². The summed E-state index contributed by atoms with van der Waals surface area (Å²) in [5, 5.41) is 12.4. The number of carbonyl (C=O) groups excluding carboxylic acids is 1. The van der Waals surface area contributed by atoms with Gasteiger partial charge in [0.2, 0.25) is 0 Å². The average molecular weight is 429 g/mol. The van der Waals surface area contributed by atoms with Crippen LogP contribution in [-0.2, 0) is 9.53 Å². The van der Waals surface area contributed by atoms with E-state index in [4.69, 9.17) is 20.4 Å². The number of hydrogen-bond acceptors (Lipinski definition) is 7. The standard InChI is InChI=1S/C16H17N3O2S.C2HF3O2/c1-9(17)8-18-15-6-3-10-11-7-14(16(20)21-2)22-13(11)5-4-12(10)19-15;3-2(4,5)1(6)7/h3-7,9H,8,17H2,1-2H3,(H,18,19);(H,6,7)/t9-;/m1./s1. The van der Waals surface area contributed by atoms with E-state index >= 15 is 0 Å². The summed E-state index contributed by atoms with van der Waals surface area (Å²) in [5.41, 5.74) is 6.62. The summed E-state index contributed by atoms with van der Waals surface area (Å²) in [4.78, 5) is 25.8. The van der Waals surface area contributed by atoms with E-state index in [0.717, 1.165) is 26.8 Å². The lowest BCUT2D eigenvalue weighted by molar-refractivity contribution is -0.192. The fourth-order valence-corrected chi connectivity index (χ4v) is 3.28. The van der Waals surface area contributed by atoms with Crippen molar-refractivity contribution in [2.24, 2.45) is 5.73 Å². The molecule has 3 aromatic rings. The number of methoxy groups -OCH3 is 1. The Balaban J connectivity index is 0.000000370. The van der Waals surface area contributed by atoms with Gasteiger partial charge in [-0.3, -0.25) is 0 Å². The number of carboxylic acid groups (broad SMARTS) is 1. The number of ether oxygens (including phenoxy) is 1. The third kappa shape index (κ3) is 5.78. The number of aliphatic carboxylic acids is 1. The number of anilines is 1. The number of benzene rings is 1. The van der Waals surface area contributed by atoms with Crippen LogP contribution in [0.1, 0.15) is 16.6 Å². The maximum Gasteiger partial charge on any atom is 0.490 e. The lowest BCUT2D eigenvalue weighted by Crippen LogP contribution is -2.25. The quantitative estimate of drug-likeness (QED) is 0.543. The summed E-state index contributed by atoms with van der Waals surface area (Å²) < 4.78 is 37.6. The number of nitrogens with one attached hydrogen (secondary N) is 1. The number of nitrogens with zero attached hydrogens (tertiary/aromatic N) is 1. The molecule has 4 N–H and O–H groups in total. The van der Waals surface area contributed by atoms with Gasteiger partial charge in [-0.1, -0.05) is 0 Å². The molecule has 0 aliphatic heterocycles. The number of alkyl halides is 3. The van der Waals surface area contributed by atoms with E-state index in [1.807, 2.05) is 37.3 Å². The van der Waals surface area contributed by atoms with Crippen molar-refractivity contribution in [3.05, 3.63) is 35.2 Å². The number of nitrogens with two attached hydrogens (primary N) is 1. The smallest absolute Gasteiger partial charge is 0.475 e. The second-order valence-electron chi connectivity index (χ2n) is 6.00. The minimum atomic E-state index is -5.08. The highest BCUT2D eigenvalue weighted by Crippen LogP contribution is 2.32. The van der Waals surface area contributed by atoms with E-state index in [1.54, 1.807) is 0 Å². The molecule has 0 bridgehead atoms. The number of halogens is 3. The molecule has 1 atom stereocenters. The molecule has 0 radical (unpaired) electrons. The molecule has 7 nitrogen and oxygen atoms in total. The molecule has 1 aromatic carbocycles. The first-order valence-electron chi connectivity index (χ1n) is 8.24. The number of carboxylic acids is 1. The highest BCUT2D eigenvalue weighted by Gasteiger charge is 2.38. The topological polar surface area (TPSA) is 115 Å². The zero-order valence-electron chi connectivity index (χ0n) is 15.4. The summed E-state index contributed by atoms with van der Waals surface area (Å²) in [6.45, 7) is 2.61. The Kier molecular flexibility index (Phi) is 6.98. The summed E-state index contributed by atoms with van der Waals surface area (Å²) in [6, 6.07) is 9.83. The Labute approximate surface area is 167 Å². The lowest BCUT2D eigenvalue weighted by atomic mass is 10.1. The lowest BCUT2D eigenvalue weighted by Gasteiger charge is -2.09. The van der Waals surface area contributed by atoms with E-state index in [-0.39, 0.29) is 12.0 Å². The summed E-state index contributed by atoms with van der Waals surface area (Å²) >= 11 is 1.43. The molecule has 29 heavy (non-hydrogen) atoms. The van der Waals surface area contributed by atoms with Crippen molar-refractivity contribution in [3.63, 3.8) is 0 Å². The zero-order valence-corrected chi connectivity index (χ0v) is 16.2. The Morgan fingerprint density at radius 2 is 1.93 bits per heavy atom. The fraction of sp³-hybridized carbons (Fsp3) is 0.278. The van der Waals surface area contributed by atoms with Crippen LogP contribution in [-0.4, -0.2) is 47.9 Å². The van der Waals surface area contributed by atoms with Crippen LogP contribution in [0.25, 0.3) is 21.0 Å². The fourth-order valence-electron chi connectivity index (χ4n) is 2.29. The predicted molar refractivity (Wildman–Crippen MR) is 104 cm³/mol. The van der Waals surface area contributed by atoms with Crippen LogP contribution in [0.5, 0.6) is 0 Å². The van der Waals surface area contributed by atoms with E-state index in [1.165, 1.54) is 18.4 Å². The van der Waals surface area contributed by atoms with Gasteiger partial charge in [0.25, 0.3) is 0 Å². The molecular formula is C18H18F3N3O4S. The van der Waals surface area contributed by atoms with Crippen molar-refractivity contribution in [1.29, 1.82) is 0 Å². The minimum Gasteiger partial charge on any atom is -0.475 e. The minimum absolute atomic E-state index is 0.0689. The van der Waals surface area contributed by atoms with Crippen molar-refractivity contribution in [2.75, 3.05) is 19.0 Å². The van der Waals surface area contributed by atoms with Gasteiger partial charge in [-0.15, -0.1) is 11.3 Å². The molecule has 0 saturated heterocycles. The van der Waals surface area contributed by atoms with Gasteiger partial charge in [-0.25, -0.2) is 14.6 Å². The first kappa shape index (κ1) is 22.4. The van der Waals surface area contributed by atoms with Crippen molar-refractivity contribution >= 4 is 50.1 Å². The third-order valence-electron chi connectivity index (χ3n) is 3.60. The first-order chi connectivity index (χ1) is 13.5. The molecule has 0 unspecified atom stereocenters. The number of aromatic nitrogens is 1. The van der Waals surface area contributed by atoms with Crippen LogP contribution >= 0.6 is 11.3 Å². The molecule has 3 rings (SSSR count). The van der Waals surface area contributed by atoms with Crippen LogP contribution < -0.4 is 11.1 Å². The Morgan fingerprint density at radius 1 is 1.28 bits per heavy atom. The van der Waals surface area contributed by atoms with Crippen molar-refractivity contribution in [1.82, 2.24) is 4.98 Å². The SMILES string of the molecule is COC(=O)c1cc2c(ccc3nc(NC[C@@H](C)N)ccc32)s1.O=C(O)C(F)(F)F. The largest absolute Gasteiger partial charge is 0.490 e. The maximum absolute atomic E-state index is 11.7. The number of fused-ring (bicyclic) bond motifs is 3. The predicted octanol–water partition coefficient (Wildman–Crippen LogP) is 3.63. The highest BCUT2D eigenvalue weighted by molar-refractivity contribution is 7.20. The van der Waals surface area contributed by atoms with Crippen molar-refractivity contribution in [2.45, 2.75) is 19.1 Å². The van der Waals surface area contributed by atoms with E-state index in [2.05, 4.69) is 10.3 Å². The zero-order chi connectivity index (χ0) is 21.8. The van der Waals surface area contributed by atoms with Gasteiger partial charge < -0.3 is 20.9 Å². The number of rotatable bonds is 4. The Bertz CT molecular complexity index is 1030. The summed E-state index contributed by atoms with van der Waals surface area (Å²) in [7, 11) is 1.39.